The lowest BCUT2D eigenvalue weighted by Crippen LogP contribution is -2.33. The highest BCUT2D eigenvalue weighted by Gasteiger charge is 2.15. The summed E-state index contributed by atoms with van der Waals surface area (Å²) >= 11 is 0. The number of amides is 2. The fourth-order valence-corrected chi connectivity index (χ4v) is 2.76. The van der Waals surface area contributed by atoms with Crippen LogP contribution < -0.4 is 10.6 Å². The van der Waals surface area contributed by atoms with Gasteiger partial charge in [0.1, 0.15) is 5.75 Å². The summed E-state index contributed by atoms with van der Waals surface area (Å²) in [7, 11) is 0. The van der Waals surface area contributed by atoms with Crippen LogP contribution in [0.25, 0.3) is 22.7 Å². The van der Waals surface area contributed by atoms with Crippen molar-refractivity contribution < 1.29 is 19.2 Å². The first kappa shape index (κ1) is 19.8. The third kappa shape index (κ3) is 4.91. The largest absolute Gasteiger partial charge is 0.508 e. The first-order valence-electron chi connectivity index (χ1n) is 9.30. The zero-order valence-electron chi connectivity index (χ0n) is 16.1. The van der Waals surface area contributed by atoms with Gasteiger partial charge in [-0.3, -0.25) is 9.59 Å². The molecule has 9 heteroatoms. The number of anilines is 1. The number of carbonyl (C=O) groups is 2. The highest BCUT2D eigenvalue weighted by atomic mass is 16.5. The number of nitrogens with one attached hydrogen (secondary N) is 2. The molecule has 2 aromatic heterocycles. The summed E-state index contributed by atoms with van der Waals surface area (Å²) in [6, 6.07) is 17.3. The standard InChI is InChI=1S/C22H17N5O4/c28-17-8-4-7-15(9-17)21-23-11-16(12-24-21)26-20(29)13-25-22(30)18-10-19(31-27-18)14-5-2-1-3-6-14/h1-12,28H,13H2,(H,25,30)(H,26,29). The van der Waals surface area contributed by atoms with Crippen molar-refractivity contribution in [1.82, 2.24) is 20.4 Å². The van der Waals surface area contributed by atoms with E-state index in [1.165, 1.54) is 24.5 Å². The first-order chi connectivity index (χ1) is 15.1. The van der Waals surface area contributed by atoms with E-state index in [4.69, 9.17) is 4.52 Å². The molecule has 0 unspecified atom stereocenters. The number of hydrogen-bond acceptors (Lipinski definition) is 7. The van der Waals surface area contributed by atoms with Gasteiger partial charge >= 0.3 is 0 Å². The highest BCUT2D eigenvalue weighted by Crippen LogP contribution is 2.21. The van der Waals surface area contributed by atoms with Gasteiger partial charge in [0, 0.05) is 17.2 Å². The predicted molar refractivity (Wildman–Crippen MR) is 112 cm³/mol. The number of rotatable bonds is 6. The van der Waals surface area contributed by atoms with Crippen LogP contribution in [0.15, 0.2) is 77.6 Å². The van der Waals surface area contributed by atoms with Crippen molar-refractivity contribution in [2.45, 2.75) is 0 Å². The molecule has 0 saturated carbocycles. The predicted octanol–water partition coefficient (Wildman–Crippen LogP) is 2.87. The van der Waals surface area contributed by atoms with E-state index in [0.29, 0.717) is 22.8 Å². The van der Waals surface area contributed by atoms with Gasteiger partial charge in [-0.2, -0.15) is 0 Å². The van der Waals surface area contributed by atoms with Crippen molar-refractivity contribution in [2.75, 3.05) is 11.9 Å². The minimum Gasteiger partial charge on any atom is -0.508 e. The Hall–Kier alpha value is -4.53. The Kier molecular flexibility index (Phi) is 5.66. The van der Waals surface area contributed by atoms with E-state index in [1.807, 2.05) is 30.3 Å². The minimum absolute atomic E-state index is 0.0745. The van der Waals surface area contributed by atoms with Crippen LogP contribution in [-0.2, 0) is 4.79 Å². The Bertz CT molecular complexity index is 1210. The number of benzene rings is 2. The molecule has 0 aliphatic rings. The molecule has 0 bridgehead atoms. The van der Waals surface area contributed by atoms with Crippen LogP contribution >= 0.6 is 0 Å². The van der Waals surface area contributed by atoms with Crippen molar-refractivity contribution in [3.05, 3.63) is 78.8 Å². The molecule has 3 N–H and O–H groups in total. The molecule has 0 aliphatic carbocycles. The van der Waals surface area contributed by atoms with Gasteiger partial charge in [-0.25, -0.2) is 9.97 Å². The highest BCUT2D eigenvalue weighted by molar-refractivity contribution is 5.98. The molecule has 0 saturated heterocycles. The second-order valence-corrected chi connectivity index (χ2v) is 6.52. The molecule has 31 heavy (non-hydrogen) atoms. The molecule has 2 aromatic carbocycles. The van der Waals surface area contributed by atoms with E-state index >= 15 is 0 Å². The van der Waals surface area contributed by atoms with Crippen LogP contribution in [0.5, 0.6) is 5.75 Å². The lowest BCUT2D eigenvalue weighted by molar-refractivity contribution is -0.115. The van der Waals surface area contributed by atoms with E-state index in [1.54, 1.807) is 18.2 Å². The third-order valence-electron chi connectivity index (χ3n) is 4.25. The normalized spacial score (nSPS) is 10.5. The molecular formula is C22H17N5O4. The minimum atomic E-state index is -0.531. The van der Waals surface area contributed by atoms with Crippen molar-refractivity contribution in [2.24, 2.45) is 0 Å². The third-order valence-corrected chi connectivity index (χ3v) is 4.25. The molecule has 0 aliphatic heterocycles. The molecule has 2 amide bonds. The second kappa shape index (κ2) is 8.87. The van der Waals surface area contributed by atoms with Gasteiger partial charge in [0.05, 0.1) is 24.6 Å². The number of carbonyl (C=O) groups excluding carboxylic acids is 2. The van der Waals surface area contributed by atoms with Gasteiger partial charge in [-0.05, 0) is 12.1 Å². The maximum atomic E-state index is 12.2. The van der Waals surface area contributed by atoms with E-state index in [2.05, 4.69) is 25.8 Å². The molecule has 9 nitrogen and oxygen atoms in total. The zero-order chi connectivity index (χ0) is 21.6. The molecular weight excluding hydrogens is 398 g/mol. The van der Waals surface area contributed by atoms with Crippen LogP contribution in [0.2, 0.25) is 0 Å². The summed E-state index contributed by atoms with van der Waals surface area (Å²) in [4.78, 5) is 32.7. The summed E-state index contributed by atoms with van der Waals surface area (Å²) in [6.45, 7) is -0.263. The van der Waals surface area contributed by atoms with Gasteiger partial charge in [-0.1, -0.05) is 47.6 Å². The van der Waals surface area contributed by atoms with Gasteiger partial charge < -0.3 is 20.3 Å². The van der Waals surface area contributed by atoms with Crippen LogP contribution in [0.3, 0.4) is 0 Å². The molecule has 2 heterocycles. The summed E-state index contributed by atoms with van der Waals surface area (Å²) in [5.41, 5.74) is 1.88. The number of aromatic hydroxyl groups is 1. The fraction of sp³-hybridized carbons (Fsp3) is 0.0455. The lowest BCUT2D eigenvalue weighted by atomic mass is 10.1. The van der Waals surface area contributed by atoms with Gasteiger partial charge in [0.2, 0.25) is 5.91 Å². The van der Waals surface area contributed by atoms with Gasteiger partial charge in [0.15, 0.2) is 17.3 Å². The summed E-state index contributed by atoms with van der Waals surface area (Å²) in [6.07, 6.45) is 2.88. The van der Waals surface area contributed by atoms with E-state index in [0.717, 1.165) is 5.56 Å². The van der Waals surface area contributed by atoms with Crippen LogP contribution in [0, 0.1) is 0 Å². The molecule has 0 spiro atoms. The van der Waals surface area contributed by atoms with E-state index in [9.17, 15) is 14.7 Å². The Balaban J connectivity index is 1.31. The fourth-order valence-electron chi connectivity index (χ4n) is 2.76. The van der Waals surface area contributed by atoms with Crippen molar-refractivity contribution in [1.29, 1.82) is 0 Å². The van der Waals surface area contributed by atoms with Crippen molar-refractivity contribution >= 4 is 17.5 Å². The van der Waals surface area contributed by atoms with E-state index < -0.39 is 11.8 Å². The summed E-state index contributed by atoms with van der Waals surface area (Å²) in [5.74, 6) is -0.00995. The summed E-state index contributed by atoms with van der Waals surface area (Å²) < 4.78 is 5.19. The topological polar surface area (TPSA) is 130 Å². The summed E-state index contributed by atoms with van der Waals surface area (Å²) in [5, 5.41) is 18.4. The average molecular weight is 415 g/mol. The van der Waals surface area contributed by atoms with Crippen molar-refractivity contribution in [3.8, 4) is 28.5 Å². The number of nitrogens with zero attached hydrogens (tertiary/aromatic N) is 3. The zero-order valence-corrected chi connectivity index (χ0v) is 16.1. The number of hydrogen-bond donors (Lipinski definition) is 3. The monoisotopic (exact) mass is 415 g/mol. The quantitative estimate of drug-likeness (QED) is 0.441. The van der Waals surface area contributed by atoms with E-state index in [-0.39, 0.29) is 18.0 Å². The Labute approximate surface area is 176 Å². The molecule has 0 atom stereocenters. The Morgan fingerprint density at radius 3 is 2.42 bits per heavy atom. The van der Waals surface area contributed by atoms with Crippen molar-refractivity contribution in [3.63, 3.8) is 0 Å². The molecule has 0 radical (unpaired) electrons. The number of phenolic OH excluding ortho intramolecular Hbond substituents is 1. The molecule has 154 valence electrons. The Morgan fingerprint density at radius 1 is 0.935 bits per heavy atom. The Morgan fingerprint density at radius 2 is 1.68 bits per heavy atom. The molecule has 0 fully saturated rings. The average Bonchev–Trinajstić information content (AvgIpc) is 3.29. The first-order valence-corrected chi connectivity index (χ1v) is 9.30. The van der Waals surface area contributed by atoms with Crippen LogP contribution in [0.4, 0.5) is 5.69 Å². The maximum Gasteiger partial charge on any atom is 0.273 e. The second-order valence-electron chi connectivity index (χ2n) is 6.52. The van der Waals surface area contributed by atoms with Crippen LogP contribution in [0.1, 0.15) is 10.5 Å². The number of phenols is 1. The molecule has 4 aromatic rings. The molecule has 4 rings (SSSR count). The smallest absolute Gasteiger partial charge is 0.273 e. The number of aromatic nitrogens is 3. The van der Waals surface area contributed by atoms with Gasteiger partial charge in [0.25, 0.3) is 5.91 Å². The van der Waals surface area contributed by atoms with Gasteiger partial charge in [-0.15, -0.1) is 0 Å². The maximum absolute atomic E-state index is 12.2. The lowest BCUT2D eigenvalue weighted by Gasteiger charge is -2.06. The van der Waals surface area contributed by atoms with Crippen LogP contribution in [-0.4, -0.2) is 38.6 Å². The SMILES string of the molecule is O=C(CNC(=O)c1cc(-c2ccccc2)on1)Nc1cnc(-c2cccc(O)c2)nc1.